The van der Waals surface area contributed by atoms with Crippen molar-refractivity contribution in [2.24, 2.45) is 17.8 Å². The van der Waals surface area contributed by atoms with E-state index in [1.54, 1.807) is 5.57 Å². The van der Waals surface area contributed by atoms with E-state index >= 15 is 0 Å². The lowest BCUT2D eigenvalue weighted by atomic mass is 9.81. The van der Waals surface area contributed by atoms with Gasteiger partial charge in [-0.2, -0.15) is 0 Å². The molecular weight excluding hydrogens is 204 g/mol. The van der Waals surface area contributed by atoms with Gasteiger partial charge in [0, 0.05) is 0 Å². The zero-order chi connectivity index (χ0) is 12.3. The molecule has 0 amide bonds. The third-order valence-electron chi connectivity index (χ3n) is 4.13. The maximum Gasteiger partial charge on any atom is -0.0162 e. The van der Waals surface area contributed by atoms with E-state index in [-0.39, 0.29) is 0 Å². The van der Waals surface area contributed by atoms with Crippen LogP contribution in [0.15, 0.2) is 42.5 Å². The number of rotatable bonds is 2. The summed E-state index contributed by atoms with van der Waals surface area (Å²) in [6.07, 6.45) is 5.46. The Balaban J connectivity index is 0.000000514. The molecule has 0 bridgehead atoms. The van der Waals surface area contributed by atoms with Crippen molar-refractivity contribution in [3.8, 4) is 0 Å². The topological polar surface area (TPSA) is 0 Å². The lowest BCUT2D eigenvalue weighted by Gasteiger charge is -2.24. The summed E-state index contributed by atoms with van der Waals surface area (Å²) in [6, 6.07) is 10.9. The van der Waals surface area contributed by atoms with Crippen molar-refractivity contribution in [3.63, 3.8) is 0 Å². The van der Waals surface area contributed by atoms with Crippen molar-refractivity contribution in [1.82, 2.24) is 0 Å². The van der Waals surface area contributed by atoms with Crippen LogP contribution in [0.3, 0.4) is 0 Å². The molecule has 2 aliphatic rings. The third kappa shape index (κ3) is 2.80. The van der Waals surface area contributed by atoms with Gasteiger partial charge in [0.2, 0.25) is 0 Å². The Morgan fingerprint density at radius 1 is 1.12 bits per heavy atom. The number of benzene rings is 1. The number of allylic oxidation sites excluding steroid dienone is 1. The maximum atomic E-state index is 4.31. The zero-order valence-corrected chi connectivity index (χ0v) is 11.2. The highest BCUT2D eigenvalue weighted by Crippen LogP contribution is 2.54. The van der Waals surface area contributed by atoms with Crippen LogP contribution in [0.5, 0.6) is 0 Å². The first-order valence-electron chi connectivity index (χ1n) is 7.07. The molecule has 2 saturated carbocycles. The van der Waals surface area contributed by atoms with E-state index in [0.29, 0.717) is 0 Å². The van der Waals surface area contributed by atoms with Gasteiger partial charge in [0.15, 0.2) is 0 Å². The SMILES string of the molecule is C=C1C(Cc2ccccc2)CCC2CC12.CC. The molecule has 1 aromatic carbocycles. The van der Waals surface area contributed by atoms with Crippen LogP contribution in [0.2, 0.25) is 0 Å². The van der Waals surface area contributed by atoms with E-state index in [9.17, 15) is 0 Å². The molecule has 2 aliphatic carbocycles. The predicted molar refractivity (Wildman–Crippen MR) is 75.0 cm³/mol. The van der Waals surface area contributed by atoms with Crippen molar-refractivity contribution in [2.75, 3.05) is 0 Å². The Morgan fingerprint density at radius 3 is 2.53 bits per heavy atom. The molecule has 0 heteroatoms. The van der Waals surface area contributed by atoms with E-state index in [0.717, 1.165) is 17.8 Å². The van der Waals surface area contributed by atoms with E-state index in [4.69, 9.17) is 0 Å². The minimum Gasteiger partial charge on any atom is -0.0993 e. The fourth-order valence-corrected chi connectivity index (χ4v) is 3.06. The van der Waals surface area contributed by atoms with Crippen LogP contribution in [0.25, 0.3) is 0 Å². The smallest absolute Gasteiger partial charge is 0.0162 e. The Kier molecular flexibility index (Phi) is 4.04. The van der Waals surface area contributed by atoms with E-state index in [1.807, 2.05) is 13.8 Å². The average molecular weight is 228 g/mol. The van der Waals surface area contributed by atoms with Crippen LogP contribution in [0, 0.1) is 17.8 Å². The van der Waals surface area contributed by atoms with Crippen LogP contribution in [-0.2, 0) is 6.42 Å². The molecule has 0 saturated heterocycles. The second-order valence-electron chi connectivity index (χ2n) is 5.14. The van der Waals surface area contributed by atoms with Gasteiger partial charge in [-0.15, -0.1) is 0 Å². The summed E-state index contributed by atoms with van der Waals surface area (Å²) in [5.41, 5.74) is 3.03. The minimum absolute atomic E-state index is 0.760. The van der Waals surface area contributed by atoms with Crippen molar-refractivity contribution < 1.29 is 0 Å². The van der Waals surface area contributed by atoms with Crippen LogP contribution in [0.4, 0.5) is 0 Å². The molecule has 17 heavy (non-hydrogen) atoms. The van der Waals surface area contributed by atoms with Crippen LogP contribution < -0.4 is 0 Å². The Morgan fingerprint density at radius 2 is 1.82 bits per heavy atom. The highest BCUT2D eigenvalue weighted by molar-refractivity contribution is 5.23. The third-order valence-corrected chi connectivity index (χ3v) is 4.13. The second kappa shape index (κ2) is 5.53. The lowest BCUT2D eigenvalue weighted by Crippen LogP contribution is -2.14. The minimum atomic E-state index is 0.760. The molecule has 3 unspecified atom stereocenters. The second-order valence-corrected chi connectivity index (χ2v) is 5.14. The largest absolute Gasteiger partial charge is 0.0993 e. The first-order chi connectivity index (χ1) is 8.34. The van der Waals surface area contributed by atoms with Crippen molar-refractivity contribution in [2.45, 2.75) is 39.5 Å². The molecule has 0 radical (unpaired) electrons. The van der Waals surface area contributed by atoms with Crippen molar-refractivity contribution in [1.29, 1.82) is 0 Å². The first kappa shape index (κ1) is 12.4. The van der Waals surface area contributed by atoms with Gasteiger partial charge in [0.25, 0.3) is 0 Å². The van der Waals surface area contributed by atoms with Crippen LogP contribution in [-0.4, -0.2) is 0 Å². The Hall–Kier alpha value is -1.04. The molecule has 0 aromatic heterocycles. The molecule has 0 aliphatic heterocycles. The fourth-order valence-electron chi connectivity index (χ4n) is 3.06. The molecule has 0 heterocycles. The van der Waals surface area contributed by atoms with Crippen LogP contribution in [0.1, 0.15) is 38.7 Å². The molecule has 0 nitrogen and oxygen atoms in total. The Labute approximate surface area is 106 Å². The van der Waals surface area contributed by atoms with Crippen molar-refractivity contribution in [3.05, 3.63) is 48.0 Å². The molecule has 92 valence electrons. The summed E-state index contributed by atoms with van der Waals surface area (Å²) in [6.45, 7) is 8.31. The Bertz CT molecular complexity index is 363. The predicted octanol–water partition coefficient (Wildman–Crippen LogP) is 4.86. The van der Waals surface area contributed by atoms with Gasteiger partial charge < -0.3 is 0 Å². The van der Waals surface area contributed by atoms with Gasteiger partial charge in [-0.25, -0.2) is 0 Å². The molecule has 2 fully saturated rings. The van der Waals surface area contributed by atoms with Crippen molar-refractivity contribution >= 4 is 0 Å². The van der Waals surface area contributed by atoms with Crippen LogP contribution >= 0.6 is 0 Å². The van der Waals surface area contributed by atoms with Gasteiger partial charge in [-0.1, -0.05) is 56.3 Å². The number of hydrogen-bond donors (Lipinski definition) is 0. The molecule has 0 N–H and O–H groups in total. The lowest BCUT2D eigenvalue weighted by molar-refractivity contribution is 0.437. The normalized spacial score (nSPS) is 30.0. The standard InChI is InChI=1S/C15H18.C2H6/c1-11-13(7-8-14-10-15(11)14)9-12-5-3-2-4-6-12;1-2/h2-6,13-15H,1,7-10H2;1-2H3. The van der Waals surface area contributed by atoms with Gasteiger partial charge in [-0.3, -0.25) is 0 Å². The van der Waals surface area contributed by atoms with Gasteiger partial charge in [0.05, 0.1) is 0 Å². The summed E-state index contributed by atoms with van der Waals surface area (Å²) in [4.78, 5) is 0. The van der Waals surface area contributed by atoms with E-state index in [2.05, 4.69) is 36.9 Å². The fraction of sp³-hybridized carbons (Fsp3) is 0.529. The average Bonchev–Trinajstić information content (AvgIpc) is 3.17. The summed E-state index contributed by atoms with van der Waals surface area (Å²) in [5, 5.41) is 0. The quantitative estimate of drug-likeness (QED) is 0.634. The van der Waals surface area contributed by atoms with E-state index < -0.39 is 0 Å². The molecule has 1 aromatic rings. The summed E-state index contributed by atoms with van der Waals surface area (Å²) >= 11 is 0. The highest BCUT2D eigenvalue weighted by Gasteiger charge is 2.44. The van der Waals surface area contributed by atoms with E-state index in [1.165, 1.54) is 31.2 Å². The van der Waals surface area contributed by atoms with Gasteiger partial charge >= 0.3 is 0 Å². The molecule has 3 rings (SSSR count). The van der Waals surface area contributed by atoms with Gasteiger partial charge in [-0.05, 0) is 49.0 Å². The monoisotopic (exact) mass is 228 g/mol. The number of fused-ring (bicyclic) bond motifs is 1. The maximum absolute atomic E-state index is 4.31. The molecular formula is C17H24. The first-order valence-corrected chi connectivity index (χ1v) is 7.07. The zero-order valence-electron chi connectivity index (χ0n) is 11.2. The van der Waals surface area contributed by atoms with Gasteiger partial charge in [0.1, 0.15) is 0 Å². The molecule has 3 atom stereocenters. The summed E-state index contributed by atoms with van der Waals surface area (Å²) in [7, 11) is 0. The summed E-state index contributed by atoms with van der Waals surface area (Å²) < 4.78 is 0. The summed E-state index contributed by atoms with van der Waals surface area (Å²) in [5.74, 6) is 2.67. The highest BCUT2D eigenvalue weighted by atomic mass is 14.5. The molecule has 0 spiro atoms. The number of hydrogen-bond acceptors (Lipinski definition) is 0.